The van der Waals surface area contributed by atoms with E-state index in [-0.39, 0.29) is 23.5 Å². The first kappa shape index (κ1) is 31.0. The van der Waals surface area contributed by atoms with Gasteiger partial charge in [0.2, 0.25) is 5.91 Å². The molecule has 0 aliphatic heterocycles. The van der Waals surface area contributed by atoms with Gasteiger partial charge in [-0.2, -0.15) is 5.26 Å². The van der Waals surface area contributed by atoms with Gasteiger partial charge in [-0.05, 0) is 60.6 Å². The second-order valence-electron chi connectivity index (χ2n) is 9.59. The summed E-state index contributed by atoms with van der Waals surface area (Å²) in [7, 11) is 1.58. The van der Waals surface area contributed by atoms with Crippen molar-refractivity contribution in [3.63, 3.8) is 0 Å². The van der Waals surface area contributed by atoms with E-state index < -0.39 is 0 Å². The zero-order valence-electron chi connectivity index (χ0n) is 23.2. The average Bonchev–Trinajstić information content (AvgIpc) is 3.42. The fourth-order valence-electron chi connectivity index (χ4n) is 4.43. The lowest BCUT2D eigenvalue weighted by molar-refractivity contribution is -0.128. The Morgan fingerprint density at radius 3 is 2.64 bits per heavy atom. The molecule has 1 atom stereocenters. The number of nitrogens with one attached hydrogen (secondary N) is 2. The number of halogens is 2. The summed E-state index contributed by atoms with van der Waals surface area (Å²) in [5.74, 6) is 0.410. The maximum Gasteiger partial charge on any atom is 0.235 e. The highest BCUT2D eigenvalue weighted by atomic mass is 35.5. The molecule has 0 bridgehead atoms. The van der Waals surface area contributed by atoms with Crippen molar-refractivity contribution < 1.29 is 9.53 Å². The van der Waals surface area contributed by atoms with E-state index >= 15 is 0 Å². The quantitative estimate of drug-likeness (QED) is 0.197. The number of benzene rings is 3. The SMILES string of the molecule is COc1ccccc1NC(=S)N(C(=O)Cc1cncn1Cc1ccc(C#N)cc1)[C@@H](C)CNCc1cccc(Cl)c1Cl. The Labute approximate surface area is 260 Å². The molecular formula is C31H30Cl2N6O2S. The smallest absolute Gasteiger partial charge is 0.235 e. The van der Waals surface area contributed by atoms with Gasteiger partial charge in [-0.25, -0.2) is 4.98 Å². The fourth-order valence-corrected chi connectivity index (χ4v) is 5.21. The van der Waals surface area contributed by atoms with E-state index in [2.05, 4.69) is 21.7 Å². The Kier molecular flexibility index (Phi) is 10.9. The Hall–Kier alpha value is -3.94. The maximum atomic E-state index is 13.9. The van der Waals surface area contributed by atoms with Crippen LogP contribution in [0.4, 0.5) is 5.69 Å². The summed E-state index contributed by atoms with van der Waals surface area (Å²) in [6, 6.07) is 22.0. The van der Waals surface area contributed by atoms with Gasteiger partial charge in [-0.1, -0.05) is 59.6 Å². The van der Waals surface area contributed by atoms with Crippen molar-refractivity contribution in [1.82, 2.24) is 19.8 Å². The van der Waals surface area contributed by atoms with E-state index in [1.165, 1.54) is 0 Å². The molecule has 11 heteroatoms. The average molecular weight is 622 g/mol. The third kappa shape index (κ3) is 7.87. The molecule has 0 aliphatic carbocycles. The van der Waals surface area contributed by atoms with E-state index in [4.69, 9.17) is 45.4 Å². The number of hydrogen-bond donors (Lipinski definition) is 2. The normalized spacial score (nSPS) is 11.4. The summed E-state index contributed by atoms with van der Waals surface area (Å²) in [6.45, 7) is 3.34. The van der Waals surface area contributed by atoms with Crippen LogP contribution in [-0.4, -0.2) is 45.2 Å². The number of anilines is 1. The first-order valence-corrected chi connectivity index (χ1v) is 14.3. The number of carbonyl (C=O) groups excluding carboxylic acids is 1. The van der Waals surface area contributed by atoms with Crippen molar-refractivity contribution in [3.05, 3.63) is 112 Å². The zero-order chi connectivity index (χ0) is 30.1. The highest BCUT2D eigenvalue weighted by Gasteiger charge is 2.26. The lowest BCUT2D eigenvalue weighted by atomic mass is 10.1. The number of hydrogen-bond acceptors (Lipinski definition) is 6. The van der Waals surface area contributed by atoms with E-state index in [9.17, 15) is 4.79 Å². The Bertz CT molecular complexity index is 1590. The summed E-state index contributed by atoms with van der Waals surface area (Å²) in [6.07, 6.45) is 3.45. The number of rotatable bonds is 11. The van der Waals surface area contributed by atoms with Gasteiger partial charge < -0.3 is 19.9 Å². The number of ether oxygens (including phenoxy) is 1. The van der Waals surface area contributed by atoms with Gasteiger partial charge >= 0.3 is 0 Å². The molecule has 0 spiro atoms. The first-order valence-electron chi connectivity index (χ1n) is 13.2. The van der Waals surface area contributed by atoms with Crippen LogP contribution in [-0.2, 0) is 24.3 Å². The van der Waals surface area contributed by atoms with Crippen LogP contribution in [0.1, 0.15) is 29.3 Å². The van der Waals surface area contributed by atoms with Gasteiger partial charge in [0.1, 0.15) is 5.75 Å². The van der Waals surface area contributed by atoms with Crippen LogP contribution >= 0.6 is 35.4 Å². The molecule has 4 rings (SSSR count). The third-order valence-electron chi connectivity index (χ3n) is 6.63. The molecule has 216 valence electrons. The molecule has 1 heterocycles. The number of thiocarbonyl (C=S) groups is 1. The van der Waals surface area contributed by atoms with Crippen LogP contribution in [0.2, 0.25) is 10.0 Å². The lowest BCUT2D eigenvalue weighted by Gasteiger charge is -2.31. The number of aromatic nitrogens is 2. The topological polar surface area (TPSA) is 95.2 Å². The minimum absolute atomic E-state index is 0.0779. The van der Waals surface area contributed by atoms with Crippen LogP contribution in [0.3, 0.4) is 0 Å². The summed E-state index contributed by atoms with van der Waals surface area (Å²) in [5, 5.41) is 16.9. The van der Waals surface area contributed by atoms with Crippen molar-refractivity contribution in [2.75, 3.05) is 19.0 Å². The summed E-state index contributed by atoms with van der Waals surface area (Å²) < 4.78 is 7.38. The van der Waals surface area contributed by atoms with Crippen LogP contribution in [0, 0.1) is 11.3 Å². The van der Waals surface area contributed by atoms with Gasteiger partial charge in [0.25, 0.3) is 0 Å². The molecule has 4 aromatic rings. The van der Waals surface area contributed by atoms with Gasteiger partial charge in [0.15, 0.2) is 5.11 Å². The zero-order valence-corrected chi connectivity index (χ0v) is 25.5. The molecule has 1 aromatic heterocycles. The van der Waals surface area contributed by atoms with Gasteiger partial charge in [-0.15, -0.1) is 0 Å². The standard InChI is InChI=1S/C31H30Cl2N6O2S/c1-21(16-35-17-24-6-5-7-26(32)30(24)33)39(31(42)37-27-8-3-4-9-28(27)41-2)29(40)14-25-18-36-20-38(25)19-23-12-10-22(15-34)11-13-23/h3-13,18,20-21,35H,14,16-17,19H2,1-2H3,(H,37,42)/t21-/m0/s1. The monoisotopic (exact) mass is 620 g/mol. The van der Waals surface area contributed by atoms with Crippen molar-refractivity contribution in [3.8, 4) is 11.8 Å². The molecule has 42 heavy (non-hydrogen) atoms. The summed E-state index contributed by atoms with van der Waals surface area (Å²) in [4.78, 5) is 19.7. The number of nitrogens with zero attached hydrogens (tertiary/aromatic N) is 4. The summed E-state index contributed by atoms with van der Waals surface area (Å²) >= 11 is 18.3. The first-order chi connectivity index (χ1) is 20.3. The number of imidazole rings is 1. The van der Waals surface area contributed by atoms with Crippen LogP contribution in [0.25, 0.3) is 0 Å². The molecular weight excluding hydrogens is 591 g/mol. The predicted octanol–water partition coefficient (Wildman–Crippen LogP) is 6.06. The molecule has 2 N–H and O–H groups in total. The molecule has 3 aromatic carbocycles. The molecule has 8 nitrogen and oxygen atoms in total. The Balaban J connectivity index is 1.51. The lowest BCUT2D eigenvalue weighted by Crippen LogP contribution is -2.50. The fraction of sp³-hybridized carbons (Fsp3) is 0.226. The second-order valence-corrected chi connectivity index (χ2v) is 10.8. The van der Waals surface area contributed by atoms with Crippen LogP contribution < -0.4 is 15.4 Å². The van der Waals surface area contributed by atoms with Gasteiger partial charge in [-0.3, -0.25) is 9.69 Å². The molecule has 1 amide bonds. The second kappa shape index (κ2) is 14.8. The van der Waals surface area contributed by atoms with Crippen LogP contribution in [0.15, 0.2) is 79.3 Å². The van der Waals surface area contributed by atoms with E-state index in [0.29, 0.717) is 46.7 Å². The highest BCUT2D eigenvalue weighted by molar-refractivity contribution is 7.80. The van der Waals surface area contributed by atoms with E-state index in [1.807, 2.05) is 60.0 Å². The maximum absolute atomic E-state index is 13.9. The van der Waals surface area contributed by atoms with E-state index in [0.717, 1.165) is 16.8 Å². The number of amides is 1. The van der Waals surface area contributed by atoms with Gasteiger partial charge in [0, 0.05) is 37.6 Å². The number of nitriles is 1. The molecule has 0 radical (unpaired) electrons. The molecule has 0 saturated heterocycles. The Morgan fingerprint density at radius 2 is 1.90 bits per heavy atom. The van der Waals surface area contributed by atoms with Gasteiger partial charge in [0.05, 0.1) is 47.2 Å². The predicted molar refractivity (Wildman–Crippen MR) is 170 cm³/mol. The van der Waals surface area contributed by atoms with Crippen molar-refractivity contribution in [2.24, 2.45) is 0 Å². The molecule has 0 fully saturated rings. The minimum atomic E-state index is -0.319. The van der Waals surface area contributed by atoms with Crippen molar-refractivity contribution >= 4 is 52.1 Å². The molecule has 0 aliphatic rings. The number of carbonyl (C=O) groups is 1. The van der Waals surface area contributed by atoms with E-state index in [1.54, 1.807) is 42.7 Å². The molecule has 0 unspecified atom stereocenters. The Morgan fingerprint density at radius 1 is 1.14 bits per heavy atom. The van der Waals surface area contributed by atoms with Crippen LogP contribution in [0.5, 0.6) is 5.75 Å². The third-order valence-corrected chi connectivity index (χ3v) is 7.79. The summed E-state index contributed by atoms with van der Waals surface area (Å²) in [5.41, 5.74) is 3.82. The highest BCUT2D eigenvalue weighted by Crippen LogP contribution is 2.26. The number of methoxy groups -OCH3 is 1. The van der Waals surface area contributed by atoms with Crippen molar-refractivity contribution in [1.29, 1.82) is 5.26 Å². The number of para-hydroxylation sites is 2. The van der Waals surface area contributed by atoms with Crippen molar-refractivity contribution in [2.45, 2.75) is 32.5 Å². The molecule has 0 saturated carbocycles. The largest absolute Gasteiger partial charge is 0.495 e. The minimum Gasteiger partial charge on any atom is -0.495 e.